The van der Waals surface area contributed by atoms with Crippen molar-refractivity contribution in [2.75, 3.05) is 0 Å². The van der Waals surface area contributed by atoms with E-state index in [0.29, 0.717) is 24.2 Å². The van der Waals surface area contributed by atoms with Gasteiger partial charge in [-0.2, -0.15) is 0 Å². The minimum absolute atomic E-state index is 0.00590. The minimum Gasteiger partial charge on any atom is -0.384 e. The lowest BCUT2D eigenvalue weighted by Gasteiger charge is -2.08. The summed E-state index contributed by atoms with van der Waals surface area (Å²) in [5, 5.41) is 15.2. The molecule has 0 aliphatic carbocycles. The summed E-state index contributed by atoms with van der Waals surface area (Å²) in [7, 11) is 0. The summed E-state index contributed by atoms with van der Waals surface area (Å²) in [5.41, 5.74) is 15.1. The van der Waals surface area contributed by atoms with Crippen LogP contribution in [0.5, 0.6) is 0 Å². The molecule has 3 aromatic rings. The van der Waals surface area contributed by atoms with Crippen LogP contribution >= 0.6 is 0 Å². The molecule has 0 fully saturated rings. The molecular weight excluding hydrogens is 352 g/mol. The molecule has 0 aliphatic heterocycles. The van der Waals surface area contributed by atoms with Gasteiger partial charge in [0.1, 0.15) is 11.7 Å². The van der Waals surface area contributed by atoms with Crippen molar-refractivity contribution in [1.29, 1.82) is 10.8 Å². The number of aryl methyl sites for hydroxylation is 1. The number of nitrogen functional groups attached to an aromatic ring is 2. The van der Waals surface area contributed by atoms with E-state index in [1.807, 2.05) is 49.5 Å². The quantitative estimate of drug-likeness (QED) is 0.371. The van der Waals surface area contributed by atoms with Crippen molar-refractivity contribution in [3.63, 3.8) is 0 Å². The molecule has 28 heavy (non-hydrogen) atoms. The molecule has 144 valence electrons. The molecular formula is C21H24N6O. The first-order chi connectivity index (χ1) is 13.4. The van der Waals surface area contributed by atoms with E-state index in [1.165, 1.54) is 0 Å². The van der Waals surface area contributed by atoms with Crippen LogP contribution in [-0.4, -0.2) is 20.8 Å². The second-order valence-electron chi connectivity index (χ2n) is 6.70. The van der Waals surface area contributed by atoms with Crippen LogP contribution in [0.4, 0.5) is 0 Å². The number of nitrogens with one attached hydrogen (secondary N) is 2. The Bertz CT molecular complexity index is 1090. The van der Waals surface area contributed by atoms with Gasteiger partial charge in [-0.05, 0) is 29.7 Å². The highest BCUT2D eigenvalue weighted by Crippen LogP contribution is 2.11. The van der Waals surface area contributed by atoms with Gasteiger partial charge in [0.05, 0.1) is 13.1 Å². The SMILES string of the molecule is CCc1cn(Cc2cccc(C(=N)N)c2)c(=O)n1Cc1cccc(C(=N)N)c1. The average Bonchev–Trinajstić information content (AvgIpc) is 2.97. The van der Waals surface area contributed by atoms with Crippen LogP contribution in [0.25, 0.3) is 0 Å². The van der Waals surface area contributed by atoms with Crippen molar-refractivity contribution in [3.8, 4) is 0 Å². The van der Waals surface area contributed by atoms with Gasteiger partial charge in [0.25, 0.3) is 0 Å². The van der Waals surface area contributed by atoms with Crippen molar-refractivity contribution in [1.82, 2.24) is 9.13 Å². The molecule has 6 N–H and O–H groups in total. The second-order valence-corrected chi connectivity index (χ2v) is 6.70. The zero-order valence-corrected chi connectivity index (χ0v) is 15.8. The molecule has 7 nitrogen and oxygen atoms in total. The van der Waals surface area contributed by atoms with E-state index >= 15 is 0 Å². The van der Waals surface area contributed by atoms with E-state index < -0.39 is 0 Å². The molecule has 0 bridgehead atoms. The topological polar surface area (TPSA) is 127 Å². The van der Waals surface area contributed by atoms with Crippen molar-refractivity contribution in [2.45, 2.75) is 26.4 Å². The van der Waals surface area contributed by atoms with E-state index in [4.69, 9.17) is 22.3 Å². The fourth-order valence-electron chi connectivity index (χ4n) is 3.20. The fraction of sp³-hybridized carbons (Fsp3) is 0.190. The lowest BCUT2D eigenvalue weighted by Crippen LogP contribution is -2.26. The summed E-state index contributed by atoms with van der Waals surface area (Å²) in [6.45, 7) is 2.84. The van der Waals surface area contributed by atoms with Gasteiger partial charge in [-0.3, -0.25) is 20.0 Å². The summed E-state index contributed by atoms with van der Waals surface area (Å²) in [6, 6.07) is 14.7. The van der Waals surface area contributed by atoms with Gasteiger partial charge in [-0.15, -0.1) is 0 Å². The van der Waals surface area contributed by atoms with Gasteiger partial charge in [-0.1, -0.05) is 43.3 Å². The maximum Gasteiger partial charge on any atom is 0.328 e. The zero-order valence-electron chi connectivity index (χ0n) is 15.8. The fourth-order valence-corrected chi connectivity index (χ4v) is 3.20. The highest BCUT2D eigenvalue weighted by Gasteiger charge is 2.12. The second kappa shape index (κ2) is 7.96. The highest BCUT2D eigenvalue weighted by atomic mass is 16.1. The van der Waals surface area contributed by atoms with Crippen LogP contribution in [0.15, 0.2) is 59.5 Å². The Kier molecular flexibility index (Phi) is 5.44. The molecule has 0 atom stereocenters. The standard InChI is InChI=1S/C21H24N6O/c1-2-18-13-26(11-14-5-3-7-16(9-14)19(22)23)21(28)27(18)12-15-6-4-8-17(10-15)20(24)25/h3-10,13H,2,11-12H2,1H3,(H3,22,23)(H3,24,25). The predicted molar refractivity (Wildman–Crippen MR) is 111 cm³/mol. The van der Waals surface area contributed by atoms with Gasteiger partial charge >= 0.3 is 5.69 Å². The van der Waals surface area contributed by atoms with E-state index in [-0.39, 0.29) is 17.4 Å². The molecule has 2 aromatic carbocycles. The Hall–Kier alpha value is -3.61. The van der Waals surface area contributed by atoms with Gasteiger partial charge in [-0.25, -0.2) is 4.79 Å². The van der Waals surface area contributed by atoms with Crippen LogP contribution in [0.3, 0.4) is 0 Å². The smallest absolute Gasteiger partial charge is 0.328 e. The molecule has 7 heteroatoms. The van der Waals surface area contributed by atoms with Gasteiger partial charge < -0.3 is 11.5 Å². The van der Waals surface area contributed by atoms with Crippen LogP contribution in [0.1, 0.15) is 34.9 Å². The van der Waals surface area contributed by atoms with Gasteiger partial charge in [0, 0.05) is 23.0 Å². The molecule has 3 rings (SSSR count). The summed E-state index contributed by atoms with van der Waals surface area (Å²) in [5.74, 6) is 0.0132. The molecule has 0 unspecified atom stereocenters. The van der Waals surface area contributed by atoms with Crippen LogP contribution in [-0.2, 0) is 19.5 Å². The maximum absolute atomic E-state index is 13.0. The van der Waals surface area contributed by atoms with Crippen LogP contribution in [0, 0.1) is 10.8 Å². The largest absolute Gasteiger partial charge is 0.384 e. The molecule has 0 saturated heterocycles. The van der Waals surface area contributed by atoms with Gasteiger partial charge in [0.2, 0.25) is 0 Å². The number of hydrogen-bond acceptors (Lipinski definition) is 3. The first kappa shape index (κ1) is 19.2. The summed E-state index contributed by atoms with van der Waals surface area (Å²) in [6.07, 6.45) is 2.60. The first-order valence-corrected chi connectivity index (χ1v) is 9.04. The third kappa shape index (κ3) is 4.03. The van der Waals surface area contributed by atoms with E-state index in [2.05, 4.69) is 0 Å². The molecule has 1 aromatic heterocycles. The molecule has 0 saturated carbocycles. The normalized spacial score (nSPS) is 10.8. The Morgan fingerprint density at radius 1 is 0.929 bits per heavy atom. The molecule has 0 amide bonds. The Balaban J connectivity index is 1.92. The third-order valence-electron chi connectivity index (χ3n) is 4.66. The Morgan fingerprint density at radius 3 is 1.96 bits per heavy atom. The lowest BCUT2D eigenvalue weighted by molar-refractivity contribution is 0.670. The third-order valence-corrected chi connectivity index (χ3v) is 4.66. The Morgan fingerprint density at radius 2 is 1.46 bits per heavy atom. The van der Waals surface area contributed by atoms with Gasteiger partial charge in [0.15, 0.2) is 0 Å². The number of amidine groups is 2. The molecule has 1 heterocycles. The van der Waals surface area contributed by atoms with Crippen LogP contribution in [0.2, 0.25) is 0 Å². The number of rotatable bonds is 7. The number of benzene rings is 2. The number of nitrogens with zero attached hydrogens (tertiary/aromatic N) is 2. The lowest BCUT2D eigenvalue weighted by atomic mass is 10.1. The van der Waals surface area contributed by atoms with Crippen molar-refractivity contribution in [2.24, 2.45) is 11.5 Å². The number of aromatic nitrogens is 2. The van der Waals surface area contributed by atoms with E-state index in [0.717, 1.165) is 23.2 Å². The first-order valence-electron chi connectivity index (χ1n) is 9.04. The summed E-state index contributed by atoms with van der Waals surface area (Å²) in [4.78, 5) is 13.0. The van der Waals surface area contributed by atoms with E-state index in [1.54, 1.807) is 21.3 Å². The van der Waals surface area contributed by atoms with E-state index in [9.17, 15) is 4.79 Å². The number of nitrogens with two attached hydrogens (primary N) is 2. The van der Waals surface area contributed by atoms with Crippen molar-refractivity contribution < 1.29 is 0 Å². The number of imidazole rings is 1. The summed E-state index contributed by atoms with van der Waals surface area (Å²) < 4.78 is 3.42. The zero-order chi connectivity index (χ0) is 20.3. The maximum atomic E-state index is 13.0. The Labute approximate surface area is 163 Å². The predicted octanol–water partition coefficient (Wildman–Crippen LogP) is 1.88. The monoisotopic (exact) mass is 376 g/mol. The molecule has 0 aliphatic rings. The van der Waals surface area contributed by atoms with Crippen LogP contribution < -0.4 is 17.2 Å². The highest BCUT2D eigenvalue weighted by molar-refractivity contribution is 5.95. The summed E-state index contributed by atoms with van der Waals surface area (Å²) >= 11 is 0. The molecule has 0 spiro atoms. The molecule has 0 radical (unpaired) electrons. The van der Waals surface area contributed by atoms with Crippen molar-refractivity contribution >= 4 is 11.7 Å². The number of hydrogen-bond donors (Lipinski definition) is 4. The minimum atomic E-state index is -0.0988. The van der Waals surface area contributed by atoms with Crippen molar-refractivity contribution in [3.05, 3.63) is 93.2 Å². The average molecular weight is 376 g/mol.